The predicted molar refractivity (Wildman–Crippen MR) is 104 cm³/mol. The average Bonchev–Trinajstić information content (AvgIpc) is 3.14. The lowest BCUT2D eigenvalue weighted by atomic mass is 9.85. The lowest BCUT2D eigenvalue weighted by Crippen LogP contribution is -2.14. The summed E-state index contributed by atoms with van der Waals surface area (Å²) in [5, 5.41) is 4.12. The lowest BCUT2D eigenvalue weighted by molar-refractivity contribution is 0.282. The van der Waals surface area contributed by atoms with Gasteiger partial charge in [-0.25, -0.2) is 0 Å². The van der Waals surface area contributed by atoms with Gasteiger partial charge in [-0.2, -0.15) is 0 Å². The van der Waals surface area contributed by atoms with Crippen molar-refractivity contribution in [2.75, 3.05) is 0 Å². The van der Waals surface area contributed by atoms with E-state index in [9.17, 15) is 0 Å². The van der Waals surface area contributed by atoms with Gasteiger partial charge in [0.15, 0.2) is 0 Å². The molecule has 2 nitrogen and oxygen atoms in total. The van der Waals surface area contributed by atoms with E-state index < -0.39 is 0 Å². The third-order valence-electron chi connectivity index (χ3n) is 5.91. The molecule has 0 N–H and O–H groups in total. The molecule has 0 bridgehead atoms. The molecule has 2 aliphatic rings. The molecule has 1 heterocycles. The Balaban J connectivity index is 0.000000221. The Kier molecular flexibility index (Phi) is 9.08. The molecule has 0 radical (unpaired) electrons. The summed E-state index contributed by atoms with van der Waals surface area (Å²) in [5.41, 5.74) is 2.58. The Bertz CT molecular complexity index is 461. The minimum atomic E-state index is 0.510. The summed E-state index contributed by atoms with van der Waals surface area (Å²) in [4.78, 5) is 0. The minimum absolute atomic E-state index is 0.510. The molecule has 0 amide bonds. The normalized spacial score (nSPS) is 25.7. The largest absolute Gasteiger partial charge is 0.361 e. The van der Waals surface area contributed by atoms with E-state index in [2.05, 4.69) is 46.7 Å². The van der Waals surface area contributed by atoms with Gasteiger partial charge in [0.2, 0.25) is 0 Å². The number of rotatable bonds is 2. The monoisotopic (exact) mass is 335 g/mol. The first-order valence-corrected chi connectivity index (χ1v) is 10.4. The van der Waals surface area contributed by atoms with E-state index in [1.165, 1.54) is 43.4 Å². The predicted octanol–water partition coefficient (Wildman–Crippen LogP) is 7.03. The van der Waals surface area contributed by atoms with E-state index in [4.69, 9.17) is 4.52 Å². The molecule has 3 atom stereocenters. The van der Waals surface area contributed by atoms with Crippen LogP contribution in [0.25, 0.3) is 0 Å². The van der Waals surface area contributed by atoms with Gasteiger partial charge in [0, 0.05) is 12.0 Å². The van der Waals surface area contributed by atoms with Crippen molar-refractivity contribution in [2.24, 2.45) is 23.7 Å². The molecular weight excluding hydrogens is 294 g/mol. The zero-order valence-electron chi connectivity index (χ0n) is 17.5. The van der Waals surface area contributed by atoms with Crippen LogP contribution in [-0.4, -0.2) is 5.16 Å². The second-order valence-corrected chi connectivity index (χ2v) is 8.15. The summed E-state index contributed by atoms with van der Waals surface area (Å²) in [6, 6.07) is 0. The third kappa shape index (κ3) is 5.36. The van der Waals surface area contributed by atoms with Gasteiger partial charge in [0.25, 0.3) is 0 Å². The fraction of sp³-hybridized carbons (Fsp3) is 0.864. The van der Waals surface area contributed by atoms with Crippen molar-refractivity contribution in [3.63, 3.8) is 0 Å². The molecule has 2 aliphatic carbocycles. The highest BCUT2D eigenvalue weighted by Gasteiger charge is 2.31. The molecule has 0 aliphatic heterocycles. The van der Waals surface area contributed by atoms with Crippen LogP contribution < -0.4 is 0 Å². The van der Waals surface area contributed by atoms with Gasteiger partial charge < -0.3 is 4.52 Å². The van der Waals surface area contributed by atoms with E-state index in [0.717, 1.165) is 35.9 Å². The summed E-state index contributed by atoms with van der Waals surface area (Å²) in [6.45, 7) is 17.9. The number of nitrogens with zero attached hydrogens (tertiary/aromatic N) is 1. The van der Waals surface area contributed by atoms with Gasteiger partial charge in [-0.3, -0.25) is 0 Å². The molecule has 3 rings (SSSR count). The van der Waals surface area contributed by atoms with Gasteiger partial charge in [0.1, 0.15) is 5.76 Å². The van der Waals surface area contributed by atoms with Gasteiger partial charge >= 0.3 is 0 Å². The van der Waals surface area contributed by atoms with Crippen LogP contribution in [0.5, 0.6) is 0 Å². The molecule has 0 aromatic carbocycles. The summed E-state index contributed by atoms with van der Waals surface area (Å²) < 4.78 is 5.30. The topological polar surface area (TPSA) is 26.0 Å². The zero-order valence-corrected chi connectivity index (χ0v) is 17.5. The number of hydrogen-bond acceptors (Lipinski definition) is 2. The van der Waals surface area contributed by atoms with E-state index in [1.807, 2.05) is 13.8 Å². The average molecular weight is 336 g/mol. The van der Waals surface area contributed by atoms with Crippen molar-refractivity contribution >= 4 is 0 Å². The maximum atomic E-state index is 5.30. The van der Waals surface area contributed by atoms with Crippen molar-refractivity contribution in [3.8, 4) is 0 Å². The van der Waals surface area contributed by atoms with Crippen LogP contribution in [0.15, 0.2) is 4.52 Å². The van der Waals surface area contributed by atoms with Crippen LogP contribution in [-0.2, 0) is 12.8 Å². The standard InChI is InChI=1S/C10H15NO.C10H20.C2H6/c1-7(2)10-8-5-3-4-6-9(8)12-11-10;1-7(2)10-6-5-8(3)9(10)4;1-2/h7H,3-6H2,1-2H3;7-10H,5-6H2,1-4H3;1-2H3/t;8-,9-,10-;/m.1./s1. The Hall–Kier alpha value is -0.790. The molecule has 24 heavy (non-hydrogen) atoms. The number of aromatic nitrogens is 1. The van der Waals surface area contributed by atoms with Crippen molar-refractivity contribution < 1.29 is 4.52 Å². The van der Waals surface area contributed by atoms with Crippen molar-refractivity contribution in [3.05, 3.63) is 17.0 Å². The molecule has 140 valence electrons. The maximum absolute atomic E-state index is 5.30. The van der Waals surface area contributed by atoms with Crippen LogP contribution in [0.3, 0.4) is 0 Å². The van der Waals surface area contributed by atoms with Crippen LogP contribution in [0, 0.1) is 23.7 Å². The van der Waals surface area contributed by atoms with Gasteiger partial charge in [0.05, 0.1) is 5.69 Å². The third-order valence-corrected chi connectivity index (χ3v) is 5.91. The summed E-state index contributed by atoms with van der Waals surface area (Å²) >= 11 is 0. The van der Waals surface area contributed by atoms with Crippen LogP contribution in [0.2, 0.25) is 0 Å². The van der Waals surface area contributed by atoms with E-state index in [-0.39, 0.29) is 0 Å². The lowest BCUT2D eigenvalue weighted by Gasteiger charge is -2.21. The second kappa shape index (κ2) is 10.3. The smallest absolute Gasteiger partial charge is 0.140 e. The molecule has 1 saturated carbocycles. The van der Waals surface area contributed by atoms with Gasteiger partial charge in [-0.05, 0) is 55.3 Å². The van der Waals surface area contributed by atoms with Crippen LogP contribution in [0.1, 0.15) is 104 Å². The number of aryl methyl sites for hydroxylation is 1. The summed E-state index contributed by atoms with van der Waals surface area (Å²) in [5.74, 6) is 5.52. The molecule has 0 saturated heterocycles. The number of fused-ring (bicyclic) bond motifs is 1. The van der Waals surface area contributed by atoms with Gasteiger partial charge in [-0.1, -0.05) is 67.0 Å². The Labute approximate surface area is 150 Å². The molecule has 1 aromatic heterocycles. The first kappa shape index (κ1) is 21.3. The summed E-state index contributed by atoms with van der Waals surface area (Å²) in [6.07, 6.45) is 7.76. The van der Waals surface area contributed by atoms with E-state index in [0.29, 0.717) is 5.92 Å². The maximum Gasteiger partial charge on any atom is 0.140 e. The highest BCUT2D eigenvalue weighted by molar-refractivity contribution is 5.27. The molecule has 1 aromatic rings. The van der Waals surface area contributed by atoms with Gasteiger partial charge in [-0.15, -0.1) is 0 Å². The molecule has 1 fully saturated rings. The SMILES string of the molecule is CC.CC(C)[C@H]1CC[C@@H](C)[C@H]1C.CC(C)c1noc2c1CCCC2. The Morgan fingerprint density at radius 3 is 2.04 bits per heavy atom. The zero-order chi connectivity index (χ0) is 18.3. The minimum Gasteiger partial charge on any atom is -0.361 e. The van der Waals surface area contributed by atoms with Crippen molar-refractivity contribution in [2.45, 2.75) is 99.8 Å². The van der Waals surface area contributed by atoms with E-state index >= 15 is 0 Å². The first-order chi connectivity index (χ1) is 11.4. The van der Waals surface area contributed by atoms with Crippen molar-refractivity contribution in [1.29, 1.82) is 0 Å². The highest BCUT2D eigenvalue weighted by atomic mass is 16.5. The Morgan fingerprint density at radius 2 is 1.58 bits per heavy atom. The van der Waals surface area contributed by atoms with Crippen LogP contribution >= 0.6 is 0 Å². The molecule has 0 unspecified atom stereocenters. The molecule has 0 spiro atoms. The first-order valence-electron chi connectivity index (χ1n) is 10.4. The van der Waals surface area contributed by atoms with Crippen molar-refractivity contribution in [1.82, 2.24) is 5.16 Å². The molecule has 2 heteroatoms. The molecular formula is C22H41NO. The quantitative estimate of drug-likeness (QED) is 0.580. The fourth-order valence-electron chi connectivity index (χ4n) is 4.21. The highest BCUT2D eigenvalue weighted by Crippen LogP contribution is 2.40. The number of hydrogen-bond donors (Lipinski definition) is 0. The fourth-order valence-corrected chi connectivity index (χ4v) is 4.21. The Morgan fingerprint density at radius 1 is 0.958 bits per heavy atom. The summed E-state index contributed by atoms with van der Waals surface area (Å²) in [7, 11) is 0. The second-order valence-electron chi connectivity index (χ2n) is 8.15. The van der Waals surface area contributed by atoms with Crippen LogP contribution in [0.4, 0.5) is 0 Å². The van der Waals surface area contributed by atoms with E-state index in [1.54, 1.807) is 0 Å².